The third-order valence-electron chi connectivity index (χ3n) is 2.70. The lowest BCUT2D eigenvalue weighted by Gasteiger charge is -2.08. The molecule has 0 aliphatic carbocycles. The molecule has 0 fully saturated rings. The number of halogens is 2. The van der Waals surface area contributed by atoms with Gasteiger partial charge in [-0.15, -0.1) is 0 Å². The summed E-state index contributed by atoms with van der Waals surface area (Å²) in [5.41, 5.74) is 4.62. The Kier molecular flexibility index (Phi) is 3.50. The maximum Gasteiger partial charge on any atom is 0.423 e. The van der Waals surface area contributed by atoms with Gasteiger partial charge in [-0.05, 0) is 24.1 Å². The van der Waals surface area contributed by atoms with Gasteiger partial charge >= 0.3 is 6.09 Å². The quantitative estimate of drug-likeness (QED) is 0.584. The van der Waals surface area contributed by atoms with Crippen LogP contribution in [-0.4, -0.2) is 22.1 Å². The van der Waals surface area contributed by atoms with Crippen LogP contribution in [0.5, 0.6) is 5.75 Å². The van der Waals surface area contributed by atoms with Crippen LogP contribution in [0.25, 0.3) is 0 Å². The lowest BCUT2D eigenvalue weighted by atomic mass is 10.0. The smallest absolute Gasteiger partial charge is 0.423 e. The second-order valence-electron chi connectivity index (χ2n) is 4.02. The van der Waals surface area contributed by atoms with Crippen molar-refractivity contribution in [2.75, 3.05) is 0 Å². The lowest BCUT2D eigenvalue weighted by molar-refractivity contribution is 0.192. The van der Waals surface area contributed by atoms with Gasteiger partial charge < -0.3 is 10.2 Å². The zero-order valence-electron chi connectivity index (χ0n) is 9.65. The molecule has 0 saturated carbocycles. The molecular weight excluding hydrogens is 260 g/mol. The van der Waals surface area contributed by atoms with Crippen LogP contribution in [0, 0.1) is 11.6 Å². The van der Waals surface area contributed by atoms with Gasteiger partial charge in [0.05, 0.1) is 6.04 Å². The van der Waals surface area contributed by atoms with Crippen molar-refractivity contribution in [1.29, 1.82) is 0 Å². The second-order valence-corrected chi connectivity index (χ2v) is 4.02. The third-order valence-corrected chi connectivity index (χ3v) is 2.70. The van der Waals surface area contributed by atoms with Gasteiger partial charge in [-0.25, -0.2) is 19.0 Å². The highest BCUT2D eigenvalue weighted by Gasteiger charge is 2.22. The number of nitrogens with zero attached hydrogens (tertiary/aromatic N) is 1. The standard InChI is InChI=1S/C11H11F2N3O3/c12-6-3-5(4-7(13)10(6)17)8-1-2-9(14-8)15-16-11(18)19/h3-4,8,16-17H,1-2H2,(H,14,15)(H,18,19). The van der Waals surface area contributed by atoms with Crippen LogP contribution in [0.2, 0.25) is 0 Å². The highest BCUT2D eigenvalue weighted by molar-refractivity contribution is 5.85. The summed E-state index contributed by atoms with van der Waals surface area (Å²) in [6.45, 7) is 0. The van der Waals surface area contributed by atoms with E-state index in [9.17, 15) is 13.6 Å². The first-order valence-corrected chi connectivity index (χ1v) is 5.47. The molecule has 1 heterocycles. The predicted octanol–water partition coefficient (Wildman–Crippen LogP) is 1.68. The molecule has 19 heavy (non-hydrogen) atoms. The minimum absolute atomic E-state index is 0.292. The first kappa shape index (κ1) is 13.1. The average molecular weight is 271 g/mol. The third kappa shape index (κ3) is 2.90. The fraction of sp³-hybridized carbons (Fsp3) is 0.273. The summed E-state index contributed by atoms with van der Waals surface area (Å²) in [5, 5.41) is 17.4. The van der Waals surface area contributed by atoms with E-state index < -0.39 is 29.5 Å². The Bertz CT molecular complexity index is 525. The number of amides is 1. The zero-order chi connectivity index (χ0) is 14.0. The number of carboxylic acid groups (broad SMARTS) is 1. The van der Waals surface area contributed by atoms with E-state index in [0.29, 0.717) is 24.2 Å². The van der Waals surface area contributed by atoms with Crippen molar-refractivity contribution in [2.24, 2.45) is 4.99 Å². The van der Waals surface area contributed by atoms with E-state index in [1.807, 2.05) is 5.43 Å². The summed E-state index contributed by atoms with van der Waals surface area (Å²) in [4.78, 5) is 14.4. The first-order valence-electron chi connectivity index (χ1n) is 5.47. The van der Waals surface area contributed by atoms with Crippen LogP contribution in [0.1, 0.15) is 24.4 Å². The number of rotatable bonds is 1. The molecule has 1 aromatic carbocycles. The number of hydrogen-bond donors (Lipinski definition) is 4. The number of aliphatic imine (C=N–C) groups is 1. The van der Waals surface area contributed by atoms with Gasteiger partial charge in [0.15, 0.2) is 17.4 Å². The van der Waals surface area contributed by atoms with Crippen molar-refractivity contribution in [3.05, 3.63) is 29.3 Å². The summed E-state index contributed by atoms with van der Waals surface area (Å²) in [6, 6.07) is 1.56. The Balaban J connectivity index is 2.13. The van der Waals surface area contributed by atoms with Crippen molar-refractivity contribution in [1.82, 2.24) is 10.9 Å². The minimum Gasteiger partial charge on any atom is -0.503 e. The molecule has 1 aliphatic heterocycles. The SMILES string of the molecule is O=C(O)NNC1=NC(c2cc(F)c(O)c(F)c2)CC1. The van der Waals surface area contributed by atoms with Crippen LogP contribution < -0.4 is 10.9 Å². The van der Waals surface area contributed by atoms with Crippen LogP contribution in [0.15, 0.2) is 17.1 Å². The number of benzene rings is 1. The summed E-state index contributed by atoms with van der Waals surface area (Å²) < 4.78 is 26.4. The van der Waals surface area contributed by atoms with E-state index in [1.54, 1.807) is 0 Å². The summed E-state index contributed by atoms with van der Waals surface area (Å²) in [5.74, 6) is -2.72. The maximum atomic E-state index is 13.2. The number of hydrogen-bond acceptors (Lipinski definition) is 4. The van der Waals surface area contributed by atoms with E-state index in [2.05, 4.69) is 10.4 Å². The fourth-order valence-corrected chi connectivity index (χ4v) is 1.83. The van der Waals surface area contributed by atoms with Crippen molar-refractivity contribution < 1.29 is 23.8 Å². The first-order chi connectivity index (χ1) is 8.97. The normalized spacial score (nSPS) is 18.0. The fourth-order valence-electron chi connectivity index (χ4n) is 1.83. The van der Waals surface area contributed by atoms with Gasteiger partial charge in [-0.1, -0.05) is 0 Å². The lowest BCUT2D eigenvalue weighted by Crippen LogP contribution is -2.39. The van der Waals surface area contributed by atoms with Crippen molar-refractivity contribution in [3.8, 4) is 5.75 Å². The average Bonchev–Trinajstić information content (AvgIpc) is 2.81. The monoisotopic (exact) mass is 271 g/mol. The van der Waals surface area contributed by atoms with E-state index in [4.69, 9.17) is 10.2 Å². The number of carbonyl (C=O) groups is 1. The van der Waals surface area contributed by atoms with E-state index in [1.165, 1.54) is 0 Å². The van der Waals surface area contributed by atoms with Crippen LogP contribution in [0.3, 0.4) is 0 Å². The zero-order valence-corrected chi connectivity index (χ0v) is 9.65. The van der Waals surface area contributed by atoms with Gasteiger partial charge in [0.25, 0.3) is 0 Å². The molecule has 1 atom stereocenters. The molecule has 1 aromatic rings. The predicted molar refractivity (Wildman–Crippen MR) is 61.7 cm³/mol. The van der Waals surface area contributed by atoms with Gasteiger partial charge in [-0.2, -0.15) is 0 Å². The topological polar surface area (TPSA) is 94.0 Å². The van der Waals surface area contributed by atoms with E-state index >= 15 is 0 Å². The van der Waals surface area contributed by atoms with Gasteiger partial charge in [0, 0.05) is 6.42 Å². The Hall–Kier alpha value is -2.38. The number of hydrazine groups is 1. The number of nitrogens with one attached hydrogen (secondary N) is 2. The minimum atomic E-state index is -1.26. The van der Waals surface area contributed by atoms with Crippen LogP contribution in [-0.2, 0) is 0 Å². The van der Waals surface area contributed by atoms with Crippen LogP contribution >= 0.6 is 0 Å². The van der Waals surface area contributed by atoms with E-state index in [-0.39, 0.29) is 0 Å². The molecule has 4 N–H and O–H groups in total. The largest absolute Gasteiger partial charge is 0.503 e. The maximum absolute atomic E-state index is 13.2. The Morgan fingerprint density at radius 3 is 2.58 bits per heavy atom. The molecule has 1 aliphatic rings. The number of phenolic OH excluding ortho intramolecular Hbond substituents is 1. The van der Waals surface area contributed by atoms with Crippen molar-refractivity contribution in [2.45, 2.75) is 18.9 Å². The summed E-state index contributed by atoms with van der Waals surface area (Å²) >= 11 is 0. The molecule has 0 aromatic heterocycles. The van der Waals surface area contributed by atoms with Crippen molar-refractivity contribution in [3.63, 3.8) is 0 Å². The molecular formula is C11H11F2N3O3. The number of aromatic hydroxyl groups is 1. The Morgan fingerprint density at radius 2 is 2.00 bits per heavy atom. The van der Waals surface area contributed by atoms with Gasteiger partial charge in [-0.3, -0.25) is 10.4 Å². The van der Waals surface area contributed by atoms with E-state index in [0.717, 1.165) is 12.1 Å². The summed E-state index contributed by atoms with van der Waals surface area (Å²) in [6.07, 6.45) is -0.310. The molecule has 1 amide bonds. The van der Waals surface area contributed by atoms with Crippen LogP contribution in [0.4, 0.5) is 13.6 Å². The Morgan fingerprint density at radius 1 is 1.37 bits per heavy atom. The second kappa shape index (κ2) is 5.09. The molecule has 102 valence electrons. The molecule has 6 nitrogen and oxygen atoms in total. The highest BCUT2D eigenvalue weighted by Crippen LogP contribution is 2.32. The summed E-state index contributed by atoms with van der Waals surface area (Å²) in [7, 11) is 0. The van der Waals surface area contributed by atoms with Gasteiger partial charge in [0.1, 0.15) is 5.84 Å². The molecule has 1 unspecified atom stereocenters. The Labute approximate surface area is 106 Å². The molecule has 0 radical (unpaired) electrons. The number of amidine groups is 1. The molecule has 2 rings (SSSR count). The van der Waals surface area contributed by atoms with Gasteiger partial charge in [0.2, 0.25) is 0 Å². The molecule has 8 heteroatoms. The molecule has 0 saturated heterocycles. The molecule has 0 bridgehead atoms. The highest BCUT2D eigenvalue weighted by atomic mass is 19.1. The van der Waals surface area contributed by atoms with Crippen molar-refractivity contribution >= 4 is 11.9 Å². The molecule has 0 spiro atoms. The number of phenols is 1.